The van der Waals surface area contributed by atoms with Gasteiger partial charge >= 0.3 is 5.97 Å². The van der Waals surface area contributed by atoms with Crippen molar-refractivity contribution in [1.29, 1.82) is 0 Å². The molecule has 0 saturated carbocycles. The standard InChI is InChI=1S/C28H29ClN2O7/c1-18(27(33)31(2)16-19-8-6-5-7-9-19)38-28(34)20-10-12-24(25(14-20)36-4)37-17-26(32)30-22-15-21(29)11-13-23(22)35-3/h5-15,18H,16-17H2,1-4H3,(H,30,32)/t18-/m1/s1. The molecule has 9 nitrogen and oxygen atoms in total. The first-order valence-electron chi connectivity index (χ1n) is 11.7. The normalized spacial score (nSPS) is 11.2. The molecule has 0 fully saturated rings. The van der Waals surface area contributed by atoms with Gasteiger partial charge in [-0.25, -0.2) is 4.79 Å². The highest BCUT2D eigenvalue weighted by Gasteiger charge is 2.23. The Morgan fingerprint density at radius 3 is 2.29 bits per heavy atom. The molecule has 0 saturated heterocycles. The van der Waals surface area contributed by atoms with Crippen molar-refractivity contribution < 1.29 is 33.3 Å². The van der Waals surface area contributed by atoms with Crippen molar-refractivity contribution in [3.8, 4) is 17.2 Å². The number of rotatable bonds is 11. The summed E-state index contributed by atoms with van der Waals surface area (Å²) in [5.41, 5.74) is 1.52. The summed E-state index contributed by atoms with van der Waals surface area (Å²) in [6, 6.07) is 18.7. The number of benzene rings is 3. The predicted molar refractivity (Wildman–Crippen MR) is 143 cm³/mol. The first-order chi connectivity index (χ1) is 18.2. The zero-order valence-corrected chi connectivity index (χ0v) is 22.3. The average molecular weight is 541 g/mol. The van der Waals surface area contributed by atoms with Crippen molar-refractivity contribution in [2.24, 2.45) is 0 Å². The molecule has 3 aromatic carbocycles. The molecule has 3 aromatic rings. The predicted octanol–water partition coefficient (Wildman–Crippen LogP) is 4.58. The van der Waals surface area contributed by atoms with Gasteiger partial charge in [0.2, 0.25) is 0 Å². The molecule has 38 heavy (non-hydrogen) atoms. The van der Waals surface area contributed by atoms with E-state index < -0.39 is 18.0 Å². The zero-order chi connectivity index (χ0) is 27.7. The average Bonchev–Trinajstić information content (AvgIpc) is 2.91. The fourth-order valence-electron chi connectivity index (χ4n) is 3.55. The first kappa shape index (κ1) is 28.3. The highest BCUT2D eigenvalue weighted by atomic mass is 35.5. The number of nitrogens with one attached hydrogen (secondary N) is 1. The third-order valence-corrected chi connectivity index (χ3v) is 5.70. The molecule has 0 unspecified atom stereocenters. The van der Waals surface area contributed by atoms with Gasteiger partial charge in [-0.05, 0) is 48.9 Å². The van der Waals surface area contributed by atoms with Crippen LogP contribution < -0.4 is 19.5 Å². The second-order valence-electron chi connectivity index (χ2n) is 8.27. The van der Waals surface area contributed by atoms with Crippen LogP contribution in [0, 0.1) is 0 Å². The Kier molecular flexibility index (Phi) is 9.95. The molecule has 0 spiro atoms. The number of hydrogen-bond donors (Lipinski definition) is 1. The zero-order valence-electron chi connectivity index (χ0n) is 21.5. The van der Waals surface area contributed by atoms with Gasteiger partial charge in [0.25, 0.3) is 11.8 Å². The van der Waals surface area contributed by atoms with Crippen LogP contribution in [0.4, 0.5) is 5.69 Å². The third-order valence-electron chi connectivity index (χ3n) is 5.46. The van der Waals surface area contributed by atoms with Crippen LogP contribution in [0.15, 0.2) is 66.7 Å². The number of ether oxygens (including phenoxy) is 4. The van der Waals surface area contributed by atoms with Crippen LogP contribution >= 0.6 is 11.6 Å². The summed E-state index contributed by atoms with van der Waals surface area (Å²) >= 11 is 5.99. The molecule has 1 atom stereocenters. The van der Waals surface area contributed by atoms with E-state index in [2.05, 4.69) is 5.32 Å². The van der Waals surface area contributed by atoms with Crippen LogP contribution in [0.5, 0.6) is 17.2 Å². The van der Waals surface area contributed by atoms with E-state index in [1.54, 1.807) is 25.2 Å². The van der Waals surface area contributed by atoms with Gasteiger partial charge in [0.15, 0.2) is 24.2 Å². The van der Waals surface area contributed by atoms with Crippen LogP contribution in [0.2, 0.25) is 5.02 Å². The van der Waals surface area contributed by atoms with Gasteiger partial charge in [-0.1, -0.05) is 41.9 Å². The number of likely N-dealkylation sites (N-methyl/N-ethyl adjacent to an activating group) is 1. The van der Waals surface area contributed by atoms with Gasteiger partial charge in [-0.15, -0.1) is 0 Å². The van der Waals surface area contributed by atoms with Crippen molar-refractivity contribution in [2.45, 2.75) is 19.6 Å². The highest BCUT2D eigenvalue weighted by molar-refractivity contribution is 6.31. The lowest BCUT2D eigenvalue weighted by Gasteiger charge is -2.21. The van der Waals surface area contributed by atoms with Gasteiger partial charge < -0.3 is 29.2 Å². The topological polar surface area (TPSA) is 103 Å². The summed E-state index contributed by atoms with van der Waals surface area (Å²) in [6.45, 7) is 1.57. The minimum atomic E-state index is -0.995. The number of carbonyl (C=O) groups is 3. The maximum Gasteiger partial charge on any atom is 0.339 e. The summed E-state index contributed by atoms with van der Waals surface area (Å²) in [7, 11) is 4.53. The Balaban J connectivity index is 1.58. The number of hydrogen-bond acceptors (Lipinski definition) is 7. The number of carbonyl (C=O) groups excluding carboxylic acids is 3. The molecule has 0 aliphatic rings. The Morgan fingerprint density at radius 2 is 1.61 bits per heavy atom. The Labute approximate surface area is 226 Å². The molecule has 0 bridgehead atoms. The van der Waals surface area contributed by atoms with Crippen LogP contribution in [-0.4, -0.2) is 56.7 Å². The smallest absolute Gasteiger partial charge is 0.339 e. The Morgan fingerprint density at radius 1 is 0.921 bits per heavy atom. The van der Waals surface area contributed by atoms with Gasteiger partial charge in [0, 0.05) is 18.6 Å². The molecule has 0 heterocycles. The monoisotopic (exact) mass is 540 g/mol. The number of amides is 2. The summed E-state index contributed by atoms with van der Waals surface area (Å²) in [5.74, 6) is -0.590. The molecule has 0 aromatic heterocycles. The minimum absolute atomic E-state index is 0.160. The number of halogens is 1. The largest absolute Gasteiger partial charge is 0.495 e. The van der Waals surface area contributed by atoms with Crippen LogP contribution in [0.3, 0.4) is 0 Å². The molecular weight excluding hydrogens is 512 g/mol. The molecule has 1 N–H and O–H groups in total. The summed E-state index contributed by atoms with van der Waals surface area (Å²) in [6.07, 6.45) is -0.995. The number of esters is 1. The van der Waals surface area contributed by atoms with E-state index in [1.165, 1.54) is 44.2 Å². The van der Waals surface area contributed by atoms with E-state index in [0.29, 0.717) is 23.0 Å². The molecular formula is C28H29ClN2O7. The van der Waals surface area contributed by atoms with E-state index in [0.717, 1.165) is 5.56 Å². The van der Waals surface area contributed by atoms with Crippen molar-refractivity contribution in [1.82, 2.24) is 4.90 Å². The van der Waals surface area contributed by atoms with Gasteiger partial charge in [0.1, 0.15) is 5.75 Å². The Bertz CT molecular complexity index is 1280. The van der Waals surface area contributed by atoms with Gasteiger partial charge in [0.05, 0.1) is 25.5 Å². The van der Waals surface area contributed by atoms with Gasteiger partial charge in [-0.3, -0.25) is 9.59 Å². The summed E-state index contributed by atoms with van der Waals surface area (Å²) in [4.78, 5) is 39.3. The molecule has 10 heteroatoms. The summed E-state index contributed by atoms with van der Waals surface area (Å²) in [5, 5.41) is 3.11. The molecule has 0 aliphatic heterocycles. The highest BCUT2D eigenvalue weighted by Crippen LogP contribution is 2.30. The number of nitrogens with zero attached hydrogens (tertiary/aromatic N) is 1. The lowest BCUT2D eigenvalue weighted by molar-refractivity contribution is -0.139. The fraction of sp³-hybridized carbons (Fsp3) is 0.250. The van der Waals surface area contributed by atoms with Gasteiger partial charge in [-0.2, -0.15) is 0 Å². The fourth-order valence-corrected chi connectivity index (χ4v) is 3.72. The molecule has 2 amide bonds. The minimum Gasteiger partial charge on any atom is -0.495 e. The van der Waals surface area contributed by atoms with E-state index in [1.807, 2.05) is 30.3 Å². The molecule has 0 aliphatic carbocycles. The second kappa shape index (κ2) is 13.3. The van der Waals surface area contributed by atoms with Crippen LogP contribution in [0.1, 0.15) is 22.8 Å². The number of methoxy groups -OCH3 is 2. The lowest BCUT2D eigenvalue weighted by atomic mass is 10.2. The van der Waals surface area contributed by atoms with Crippen LogP contribution in [0.25, 0.3) is 0 Å². The SMILES string of the molecule is COc1ccc(Cl)cc1NC(=O)COc1ccc(C(=O)O[C@H](C)C(=O)N(C)Cc2ccccc2)cc1OC. The Hall–Kier alpha value is -4.24. The van der Waals surface area contributed by atoms with E-state index in [4.69, 9.17) is 30.5 Å². The summed E-state index contributed by atoms with van der Waals surface area (Å²) < 4.78 is 21.5. The van der Waals surface area contributed by atoms with E-state index >= 15 is 0 Å². The molecule has 200 valence electrons. The van der Waals surface area contributed by atoms with Crippen molar-refractivity contribution in [3.05, 3.63) is 82.9 Å². The van der Waals surface area contributed by atoms with Crippen molar-refractivity contribution >= 4 is 35.1 Å². The first-order valence-corrected chi connectivity index (χ1v) is 12.0. The maximum absolute atomic E-state index is 12.7. The second-order valence-corrected chi connectivity index (χ2v) is 8.71. The van der Waals surface area contributed by atoms with Crippen molar-refractivity contribution in [2.75, 3.05) is 33.2 Å². The quantitative estimate of drug-likeness (QED) is 0.355. The molecule has 3 rings (SSSR count). The third kappa shape index (κ3) is 7.63. The number of anilines is 1. The van der Waals surface area contributed by atoms with Crippen LogP contribution in [-0.2, 0) is 20.9 Å². The lowest BCUT2D eigenvalue weighted by Crippen LogP contribution is -2.37. The maximum atomic E-state index is 12.7. The van der Waals surface area contributed by atoms with E-state index in [-0.39, 0.29) is 29.6 Å². The van der Waals surface area contributed by atoms with E-state index in [9.17, 15) is 14.4 Å². The van der Waals surface area contributed by atoms with Crippen molar-refractivity contribution in [3.63, 3.8) is 0 Å². The molecule has 0 radical (unpaired) electrons.